The van der Waals surface area contributed by atoms with Gasteiger partial charge in [0.1, 0.15) is 29.1 Å². The van der Waals surface area contributed by atoms with Gasteiger partial charge in [-0.25, -0.2) is 28.8 Å². The van der Waals surface area contributed by atoms with Gasteiger partial charge in [-0.3, -0.25) is 0 Å². The molecule has 70 heavy (non-hydrogen) atoms. The highest BCUT2D eigenvalue weighted by molar-refractivity contribution is 5.95. The summed E-state index contributed by atoms with van der Waals surface area (Å²) >= 11 is 0. The summed E-state index contributed by atoms with van der Waals surface area (Å²) in [4.78, 5) is 80.8. The highest BCUT2D eigenvalue weighted by Gasteiger charge is 2.38. The molecular formula is C57H38O13. The number of fused-ring (bicyclic) bond motifs is 1. The summed E-state index contributed by atoms with van der Waals surface area (Å²) in [6.07, 6.45) is -2.53. The molecule has 0 saturated heterocycles. The quantitative estimate of drug-likeness (QED) is 0.0792. The van der Waals surface area contributed by atoms with Crippen LogP contribution in [0.5, 0.6) is 34.5 Å². The first kappa shape index (κ1) is 45.5. The first-order chi connectivity index (χ1) is 34.1. The molecular weight excluding hydrogens is 893 g/mol. The first-order valence-electron chi connectivity index (χ1n) is 21.8. The van der Waals surface area contributed by atoms with Crippen molar-refractivity contribution in [2.75, 3.05) is 0 Å². The van der Waals surface area contributed by atoms with Crippen molar-refractivity contribution >= 4 is 35.8 Å². The summed E-state index contributed by atoms with van der Waals surface area (Å²) in [5.74, 6) is -4.40. The zero-order valence-corrected chi connectivity index (χ0v) is 36.8. The molecule has 0 radical (unpaired) electrons. The van der Waals surface area contributed by atoms with Crippen molar-refractivity contribution in [2.24, 2.45) is 0 Å². The van der Waals surface area contributed by atoms with E-state index in [4.69, 9.17) is 33.2 Å². The van der Waals surface area contributed by atoms with Crippen LogP contribution in [0, 0.1) is 0 Å². The van der Waals surface area contributed by atoms with Crippen molar-refractivity contribution in [2.45, 2.75) is 18.6 Å². The Morgan fingerprint density at radius 2 is 0.757 bits per heavy atom. The third-order valence-electron chi connectivity index (χ3n) is 10.9. The molecule has 1 aliphatic heterocycles. The second kappa shape index (κ2) is 20.9. The number of rotatable bonds is 13. The molecule has 0 saturated carbocycles. The lowest BCUT2D eigenvalue weighted by Crippen LogP contribution is -2.35. The Balaban J connectivity index is 1.10. The molecule has 0 bridgehead atoms. The van der Waals surface area contributed by atoms with Crippen LogP contribution in [-0.4, -0.2) is 41.9 Å². The van der Waals surface area contributed by atoms with Crippen molar-refractivity contribution in [1.29, 1.82) is 0 Å². The zero-order chi connectivity index (χ0) is 48.4. The van der Waals surface area contributed by atoms with Crippen LogP contribution in [0.3, 0.4) is 0 Å². The van der Waals surface area contributed by atoms with E-state index < -0.39 is 48.0 Å². The van der Waals surface area contributed by atoms with Crippen LogP contribution in [-0.2, 0) is 11.2 Å². The molecule has 1 heterocycles. The maximum absolute atomic E-state index is 14.1. The van der Waals surface area contributed by atoms with E-state index in [2.05, 4.69) is 0 Å². The van der Waals surface area contributed by atoms with E-state index in [1.165, 1.54) is 48.5 Å². The van der Waals surface area contributed by atoms with E-state index >= 15 is 0 Å². The maximum Gasteiger partial charge on any atom is 0.343 e. The van der Waals surface area contributed by atoms with E-state index in [1.54, 1.807) is 158 Å². The fourth-order valence-electron chi connectivity index (χ4n) is 7.37. The Hall–Kier alpha value is -9.62. The molecule has 0 N–H and O–H groups in total. The predicted octanol–water partition coefficient (Wildman–Crippen LogP) is 10.7. The van der Waals surface area contributed by atoms with Gasteiger partial charge in [0.2, 0.25) is 0 Å². The minimum atomic E-state index is -1.20. The molecule has 0 unspecified atom stereocenters. The number of hydrogen-bond acceptors (Lipinski definition) is 13. The number of carbonyl (C=O) groups is 6. The molecule has 344 valence electrons. The minimum absolute atomic E-state index is 0.0358. The maximum atomic E-state index is 14.1. The number of carbonyl (C=O) groups excluding carboxylic acids is 6. The van der Waals surface area contributed by atoms with Crippen LogP contribution in [0.15, 0.2) is 206 Å². The SMILES string of the molecule is O=C(Oc1ccc(C(=O)O[C@H]2Cc3c(OC(=O)c4ccccc4)cc(OC(=O)c4ccccc4)cc3O[C@H]2c2ccc(OC(=O)c3ccccc3)c(OC(=O)c3ccccc3)c2)cc1)c1ccccc1. The van der Waals surface area contributed by atoms with Gasteiger partial charge >= 0.3 is 35.8 Å². The van der Waals surface area contributed by atoms with Gasteiger partial charge in [-0.15, -0.1) is 0 Å². The number of esters is 6. The largest absolute Gasteiger partial charge is 0.481 e. The lowest BCUT2D eigenvalue weighted by atomic mass is 9.93. The molecule has 0 amide bonds. The molecule has 0 fully saturated rings. The predicted molar refractivity (Wildman–Crippen MR) is 253 cm³/mol. The number of benzene rings is 8. The van der Waals surface area contributed by atoms with Gasteiger partial charge in [-0.1, -0.05) is 97.1 Å². The van der Waals surface area contributed by atoms with Crippen molar-refractivity contribution in [3.63, 3.8) is 0 Å². The fraction of sp³-hybridized carbons (Fsp3) is 0.0526. The molecule has 1 aliphatic rings. The van der Waals surface area contributed by atoms with Crippen LogP contribution in [0.2, 0.25) is 0 Å². The standard InChI is InChI=1S/C57H38O13/c58-52(36-16-6-1-7-17-36)64-43-29-26-41(27-30-43)57(63)70-50-35-45-47(33-44(65-53(59)37-18-8-2-9-19-37)34-48(45)68-55(61)39-22-12-4-13-23-39)66-51(50)42-28-31-46(67-54(60)38-20-10-3-11-21-38)49(32-42)69-56(62)40-24-14-5-15-25-40/h1-34,50-51H,35H2/t50-,51-/m0/s1. The minimum Gasteiger partial charge on any atom is -0.481 e. The van der Waals surface area contributed by atoms with Gasteiger partial charge in [0.25, 0.3) is 0 Å². The van der Waals surface area contributed by atoms with E-state index in [-0.39, 0.29) is 79.9 Å². The van der Waals surface area contributed by atoms with Crippen LogP contribution in [0.25, 0.3) is 0 Å². The molecule has 13 heteroatoms. The van der Waals surface area contributed by atoms with E-state index in [0.717, 1.165) is 0 Å². The second-order valence-corrected chi connectivity index (χ2v) is 15.6. The molecule has 2 atom stereocenters. The summed E-state index contributed by atoms with van der Waals surface area (Å²) in [6, 6.07) is 54.3. The van der Waals surface area contributed by atoms with Gasteiger partial charge in [0.15, 0.2) is 17.6 Å². The fourth-order valence-corrected chi connectivity index (χ4v) is 7.37. The molecule has 8 aromatic carbocycles. The molecule has 0 aromatic heterocycles. The van der Waals surface area contributed by atoms with Crippen molar-refractivity contribution < 1.29 is 61.9 Å². The zero-order valence-electron chi connectivity index (χ0n) is 36.8. The van der Waals surface area contributed by atoms with Crippen LogP contribution < -0.4 is 28.4 Å². The van der Waals surface area contributed by atoms with Gasteiger partial charge in [-0.05, 0) is 97.1 Å². The molecule has 13 nitrogen and oxygen atoms in total. The van der Waals surface area contributed by atoms with E-state index in [9.17, 15) is 28.8 Å². The lowest BCUT2D eigenvalue weighted by Gasteiger charge is -2.34. The van der Waals surface area contributed by atoms with Gasteiger partial charge in [-0.2, -0.15) is 0 Å². The smallest absolute Gasteiger partial charge is 0.343 e. The van der Waals surface area contributed by atoms with Gasteiger partial charge in [0, 0.05) is 29.7 Å². The van der Waals surface area contributed by atoms with Crippen molar-refractivity contribution in [3.05, 3.63) is 251 Å². The normalized spacial score (nSPS) is 13.5. The Morgan fingerprint density at radius 1 is 0.357 bits per heavy atom. The Morgan fingerprint density at radius 3 is 1.23 bits per heavy atom. The van der Waals surface area contributed by atoms with Gasteiger partial charge in [0.05, 0.1) is 33.4 Å². The Kier molecular flexibility index (Phi) is 13.6. The molecule has 0 aliphatic carbocycles. The van der Waals surface area contributed by atoms with Gasteiger partial charge < -0.3 is 33.2 Å². The third kappa shape index (κ3) is 10.8. The summed E-state index contributed by atoms with van der Waals surface area (Å²) in [7, 11) is 0. The van der Waals surface area contributed by atoms with Crippen LogP contribution in [0.1, 0.15) is 79.4 Å². The molecule has 8 aromatic rings. The topological polar surface area (TPSA) is 167 Å². The van der Waals surface area contributed by atoms with E-state index in [0.29, 0.717) is 5.56 Å². The first-order valence-corrected chi connectivity index (χ1v) is 21.8. The second-order valence-electron chi connectivity index (χ2n) is 15.6. The summed E-state index contributed by atoms with van der Waals surface area (Å²) in [5.41, 5.74) is 1.92. The van der Waals surface area contributed by atoms with E-state index in [1.807, 2.05) is 0 Å². The lowest BCUT2D eigenvalue weighted by molar-refractivity contribution is -0.0189. The summed E-state index contributed by atoms with van der Waals surface area (Å²) in [5, 5.41) is 0. The Labute approximate surface area is 400 Å². The molecule has 9 rings (SSSR count). The molecule has 0 spiro atoms. The van der Waals surface area contributed by atoms with Crippen molar-refractivity contribution in [3.8, 4) is 34.5 Å². The van der Waals surface area contributed by atoms with Crippen LogP contribution >= 0.6 is 0 Å². The summed E-state index contributed by atoms with van der Waals surface area (Å²) < 4.78 is 41.9. The average molecular weight is 931 g/mol. The summed E-state index contributed by atoms with van der Waals surface area (Å²) in [6.45, 7) is 0. The number of ether oxygens (including phenoxy) is 7. The average Bonchev–Trinajstić information content (AvgIpc) is 3.40. The monoisotopic (exact) mass is 930 g/mol. The van der Waals surface area contributed by atoms with Crippen LogP contribution in [0.4, 0.5) is 0 Å². The Bertz CT molecular complexity index is 3200. The van der Waals surface area contributed by atoms with Crippen molar-refractivity contribution in [1.82, 2.24) is 0 Å². The number of hydrogen-bond donors (Lipinski definition) is 0. The highest BCUT2D eigenvalue weighted by Crippen LogP contribution is 2.45. The highest BCUT2D eigenvalue weighted by atomic mass is 16.6. The third-order valence-corrected chi connectivity index (χ3v) is 10.9.